The third-order valence-electron chi connectivity index (χ3n) is 3.62. The maximum Gasteiger partial charge on any atom is 0.417 e. The summed E-state index contributed by atoms with van der Waals surface area (Å²) in [7, 11) is 0.984. The van der Waals surface area contributed by atoms with Gasteiger partial charge in [0.1, 0.15) is 11.6 Å². The smallest absolute Gasteiger partial charge is 0.417 e. The van der Waals surface area contributed by atoms with Crippen LogP contribution >= 0.6 is 11.6 Å². The molecule has 2 N–H and O–H groups in total. The summed E-state index contributed by atoms with van der Waals surface area (Å²) in [5, 5.41) is -0.556. The predicted molar refractivity (Wildman–Crippen MR) is 93.6 cm³/mol. The Morgan fingerprint density at radius 1 is 1.11 bits per heavy atom. The van der Waals surface area contributed by atoms with Crippen LogP contribution in [-0.4, -0.2) is 13.1 Å². The molecule has 3 nitrogen and oxygen atoms in total. The molecule has 0 bridgehead atoms. The van der Waals surface area contributed by atoms with E-state index < -0.39 is 51.1 Å². The van der Waals surface area contributed by atoms with Gasteiger partial charge in [-0.1, -0.05) is 25.4 Å². The van der Waals surface area contributed by atoms with Gasteiger partial charge in [0.25, 0.3) is 0 Å². The van der Waals surface area contributed by atoms with Crippen molar-refractivity contribution in [2.45, 2.75) is 26.9 Å². The molecule has 148 valence electrons. The largest absolute Gasteiger partial charge is 0.465 e. The lowest BCUT2D eigenvalue weighted by atomic mass is 9.90. The first-order valence-corrected chi connectivity index (χ1v) is 8.10. The zero-order chi connectivity index (χ0) is 21.1. The van der Waals surface area contributed by atoms with Crippen LogP contribution in [0.3, 0.4) is 0 Å². The van der Waals surface area contributed by atoms with Gasteiger partial charge in [0.15, 0.2) is 0 Å². The van der Waals surface area contributed by atoms with Gasteiger partial charge in [0.2, 0.25) is 0 Å². The quantitative estimate of drug-likeness (QED) is 0.286. The van der Waals surface area contributed by atoms with Crippen molar-refractivity contribution in [1.29, 1.82) is 0 Å². The van der Waals surface area contributed by atoms with Gasteiger partial charge in [0.05, 0.1) is 23.3 Å². The lowest BCUT2D eigenvalue weighted by Crippen LogP contribution is -2.15. The second kappa shape index (κ2) is 8.56. The Kier molecular flexibility index (Phi) is 7.19. The van der Waals surface area contributed by atoms with E-state index in [1.807, 2.05) is 13.8 Å². The number of ether oxygens (including phenoxy) is 1. The fourth-order valence-corrected chi connectivity index (χ4v) is 2.56. The summed E-state index contributed by atoms with van der Waals surface area (Å²) >= 11 is 5.57. The molecule has 27 heavy (non-hydrogen) atoms. The van der Waals surface area contributed by atoms with Crippen molar-refractivity contribution >= 4 is 23.3 Å². The molecule has 2 rings (SSSR count). The number of carbonyl (C=O) groups is 1. The maximum absolute atomic E-state index is 14.1. The second-order valence-corrected chi connectivity index (χ2v) is 5.53. The van der Waals surface area contributed by atoms with Gasteiger partial charge >= 0.3 is 12.1 Å². The molecule has 9 heteroatoms. The minimum Gasteiger partial charge on any atom is -0.465 e. The molecule has 0 radical (unpaired) electrons. The van der Waals surface area contributed by atoms with Gasteiger partial charge in [-0.3, -0.25) is 0 Å². The van der Waals surface area contributed by atoms with Gasteiger partial charge in [-0.15, -0.1) is 0 Å². The highest BCUT2D eigenvalue weighted by Gasteiger charge is 2.37. The number of benzene rings is 2. The first-order chi connectivity index (χ1) is 12.5. The molecule has 0 amide bonds. The van der Waals surface area contributed by atoms with Gasteiger partial charge in [0, 0.05) is 22.9 Å². The molecule has 0 fully saturated rings. The highest BCUT2D eigenvalue weighted by Crippen LogP contribution is 2.43. The Hall–Kier alpha value is -2.35. The second-order valence-electron chi connectivity index (χ2n) is 5.12. The fraction of sp³-hybridized carbons (Fsp3) is 0.278. The number of halogens is 6. The van der Waals surface area contributed by atoms with Crippen molar-refractivity contribution in [1.82, 2.24) is 0 Å². The molecule has 0 aromatic heterocycles. The van der Waals surface area contributed by atoms with E-state index in [0.29, 0.717) is 12.1 Å². The minimum absolute atomic E-state index is 0.211. The maximum atomic E-state index is 14.1. The highest BCUT2D eigenvalue weighted by molar-refractivity contribution is 6.31. The zero-order valence-electron chi connectivity index (χ0n) is 14.9. The number of nitrogen functional groups attached to an aromatic ring is 1. The number of rotatable bonds is 2. The average Bonchev–Trinajstić information content (AvgIpc) is 2.60. The van der Waals surface area contributed by atoms with Crippen molar-refractivity contribution in [3.63, 3.8) is 0 Å². The average molecular weight is 410 g/mol. The Morgan fingerprint density at radius 2 is 1.67 bits per heavy atom. The zero-order valence-corrected chi connectivity index (χ0v) is 15.6. The normalized spacial score (nSPS) is 10.9. The third kappa shape index (κ3) is 4.50. The molecule has 0 aliphatic heterocycles. The molecule has 0 spiro atoms. The number of methoxy groups -OCH3 is 1. The van der Waals surface area contributed by atoms with E-state index >= 15 is 0 Å². The van der Waals surface area contributed by atoms with Gasteiger partial charge in [-0.2, -0.15) is 13.2 Å². The first-order valence-electron chi connectivity index (χ1n) is 7.72. The molecular weight excluding hydrogens is 393 g/mol. The summed E-state index contributed by atoms with van der Waals surface area (Å²) < 4.78 is 72.3. The van der Waals surface area contributed by atoms with Crippen LogP contribution in [0.25, 0.3) is 11.1 Å². The molecule has 0 saturated carbocycles. The standard InChI is InChI=1S/C16H11ClF5NO2.C2H6/c1-6-13(7-4-10(17)12(19)5-11(7)18)9(16(20,21)22)3-8(14(6)23)15(24)25-2;1-2/h3-5H,23H2,1-2H3;1-2H3. The monoisotopic (exact) mass is 409 g/mol. The highest BCUT2D eigenvalue weighted by atomic mass is 35.5. The summed E-state index contributed by atoms with van der Waals surface area (Å²) in [6.45, 7) is 5.18. The van der Waals surface area contributed by atoms with E-state index in [0.717, 1.165) is 13.2 Å². The number of hydrogen-bond donors (Lipinski definition) is 1. The molecule has 0 unspecified atom stereocenters. The fourth-order valence-electron chi connectivity index (χ4n) is 2.40. The van der Waals surface area contributed by atoms with Crippen LogP contribution in [0.2, 0.25) is 5.02 Å². The third-order valence-corrected chi connectivity index (χ3v) is 3.91. The van der Waals surface area contributed by atoms with E-state index in [9.17, 15) is 26.7 Å². The molecule has 2 aromatic rings. The number of carbonyl (C=O) groups excluding carboxylic acids is 1. The Morgan fingerprint density at radius 3 is 2.15 bits per heavy atom. The van der Waals surface area contributed by atoms with Crippen molar-refractivity contribution in [2.24, 2.45) is 0 Å². The van der Waals surface area contributed by atoms with Crippen LogP contribution in [0.5, 0.6) is 0 Å². The van der Waals surface area contributed by atoms with Gasteiger partial charge in [-0.25, -0.2) is 13.6 Å². The summed E-state index contributed by atoms with van der Waals surface area (Å²) in [6.07, 6.45) is -4.94. The van der Waals surface area contributed by atoms with Crippen LogP contribution < -0.4 is 5.73 Å². The summed E-state index contributed by atoms with van der Waals surface area (Å²) in [5.41, 5.74) is 2.17. The molecular formula is C18H17ClF5NO2. The van der Waals surface area contributed by atoms with Gasteiger partial charge in [-0.05, 0) is 24.6 Å². The van der Waals surface area contributed by atoms with Crippen molar-refractivity contribution in [3.8, 4) is 11.1 Å². The number of esters is 1. The number of nitrogens with two attached hydrogens (primary N) is 1. The Balaban J connectivity index is 0.00000176. The van der Waals surface area contributed by atoms with E-state index in [1.165, 1.54) is 6.92 Å². The lowest BCUT2D eigenvalue weighted by Gasteiger charge is -2.20. The lowest BCUT2D eigenvalue weighted by molar-refractivity contribution is -0.137. The Bertz CT molecular complexity index is 866. The van der Waals surface area contributed by atoms with Crippen LogP contribution in [-0.2, 0) is 10.9 Å². The topological polar surface area (TPSA) is 52.3 Å². The summed E-state index contributed by atoms with van der Waals surface area (Å²) in [5.74, 6) is -3.44. The molecule has 2 aromatic carbocycles. The number of hydrogen-bond acceptors (Lipinski definition) is 3. The Labute approximate surface area is 157 Å². The van der Waals surface area contributed by atoms with Crippen molar-refractivity contribution in [3.05, 3.63) is 51.5 Å². The molecule has 0 aliphatic carbocycles. The number of alkyl halides is 3. The van der Waals surface area contributed by atoms with Crippen LogP contribution in [0.4, 0.5) is 27.6 Å². The van der Waals surface area contributed by atoms with Crippen molar-refractivity contribution < 1.29 is 31.5 Å². The van der Waals surface area contributed by atoms with E-state index in [2.05, 4.69) is 4.74 Å². The first kappa shape index (κ1) is 22.7. The molecule has 0 aliphatic rings. The van der Waals surface area contributed by atoms with Crippen LogP contribution in [0.15, 0.2) is 18.2 Å². The predicted octanol–water partition coefficient (Wildman–Crippen LogP) is 6.01. The molecule has 0 heterocycles. The summed E-state index contributed by atoms with van der Waals surface area (Å²) in [4.78, 5) is 11.7. The van der Waals surface area contributed by atoms with Crippen LogP contribution in [0.1, 0.15) is 35.3 Å². The van der Waals surface area contributed by atoms with E-state index in [1.54, 1.807) is 0 Å². The molecule has 0 atom stereocenters. The SMILES string of the molecule is CC.COC(=O)c1cc(C(F)(F)F)c(-c2cc(Cl)c(F)cc2F)c(C)c1N. The van der Waals surface area contributed by atoms with Crippen molar-refractivity contribution in [2.75, 3.05) is 12.8 Å². The van der Waals surface area contributed by atoms with E-state index in [4.69, 9.17) is 17.3 Å². The van der Waals surface area contributed by atoms with E-state index in [-0.39, 0.29) is 11.3 Å². The number of anilines is 1. The van der Waals surface area contributed by atoms with Gasteiger partial charge < -0.3 is 10.5 Å². The summed E-state index contributed by atoms with van der Waals surface area (Å²) in [6, 6.07) is 1.59. The molecule has 0 saturated heterocycles. The van der Waals surface area contributed by atoms with Crippen LogP contribution in [0, 0.1) is 18.6 Å². The minimum atomic E-state index is -4.94.